The lowest BCUT2D eigenvalue weighted by Crippen LogP contribution is -2.15. The van der Waals surface area contributed by atoms with Crippen molar-refractivity contribution in [3.05, 3.63) is 21.9 Å². The second kappa shape index (κ2) is 6.40. The molecule has 1 atom stereocenters. The molecule has 2 rings (SSSR count). The zero-order chi connectivity index (χ0) is 13.8. The van der Waals surface area contributed by atoms with Crippen molar-refractivity contribution in [2.45, 2.75) is 39.2 Å². The highest BCUT2D eigenvalue weighted by Crippen LogP contribution is 2.25. The van der Waals surface area contributed by atoms with Gasteiger partial charge in [-0.2, -0.15) is 4.37 Å². The number of thiazole rings is 1. The summed E-state index contributed by atoms with van der Waals surface area (Å²) in [4.78, 5) is 8.90. The molecular weight excluding hydrogens is 280 g/mol. The van der Waals surface area contributed by atoms with E-state index in [-0.39, 0.29) is 12.6 Å². The molecule has 19 heavy (non-hydrogen) atoms. The van der Waals surface area contributed by atoms with E-state index >= 15 is 0 Å². The van der Waals surface area contributed by atoms with Gasteiger partial charge in [-0.05, 0) is 0 Å². The zero-order valence-corrected chi connectivity index (χ0v) is 12.9. The van der Waals surface area contributed by atoms with E-state index in [1.165, 1.54) is 11.5 Å². The molecule has 5 nitrogen and oxygen atoms in total. The van der Waals surface area contributed by atoms with Gasteiger partial charge in [0, 0.05) is 29.3 Å². The molecule has 0 saturated heterocycles. The number of rotatable bonds is 6. The van der Waals surface area contributed by atoms with Crippen LogP contribution in [-0.4, -0.2) is 26.1 Å². The minimum atomic E-state index is -0.221. The van der Waals surface area contributed by atoms with Crippen LogP contribution in [0, 0.1) is 0 Å². The van der Waals surface area contributed by atoms with Gasteiger partial charge < -0.3 is 10.4 Å². The smallest absolute Gasteiger partial charge is 0.203 e. The van der Waals surface area contributed by atoms with Crippen molar-refractivity contribution in [3.8, 4) is 0 Å². The Morgan fingerprint density at radius 3 is 2.68 bits per heavy atom. The molecule has 0 fully saturated rings. The summed E-state index contributed by atoms with van der Waals surface area (Å²) in [5, 5.41) is 16.5. The first kappa shape index (κ1) is 14.4. The number of nitrogens with zero attached hydrogens (tertiary/aromatic N) is 3. The van der Waals surface area contributed by atoms with Crippen molar-refractivity contribution < 1.29 is 5.11 Å². The summed E-state index contributed by atoms with van der Waals surface area (Å²) < 4.78 is 4.22. The first-order chi connectivity index (χ1) is 9.13. The van der Waals surface area contributed by atoms with Gasteiger partial charge in [-0.15, -0.1) is 11.3 Å². The molecule has 0 aromatic carbocycles. The lowest BCUT2D eigenvalue weighted by molar-refractivity contribution is 0.274. The molecular formula is C12H18N4OS2. The topological polar surface area (TPSA) is 70.9 Å². The maximum absolute atomic E-state index is 9.51. The number of aliphatic hydroxyl groups excluding tert-OH is 1. The minimum Gasteiger partial charge on any atom is -0.394 e. The summed E-state index contributed by atoms with van der Waals surface area (Å²) in [6, 6.07) is -0.221. The van der Waals surface area contributed by atoms with Gasteiger partial charge in [0.15, 0.2) is 0 Å². The second-order valence-corrected chi connectivity index (χ2v) is 6.16. The number of anilines is 1. The lowest BCUT2D eigenvalue weighted by atomic mass is 10.2. The van der Waals surface area contributed by atoms with Crippen LogP contribution in [0.2, 0.25) is 0 Å². The van der Waals surface area contributed by atoms with E-state index in [4.69, 9.17) is 0 Å². The Morgan fingerprint density at radius 1 is 1.37 bits per heavy atom. The molecule has 0 aliphatic heterocycles. The lowest BCUT2D eigenvalue weighted by Gasteiger charge is -2.12. The van der Waals surface area contributed by atoms with Crippen molar-refractivity contribution in [1.82, 2.24) is 14.3 Å². The Hall–Kier alpha value is -1.05. The van der Waals surface area contributed by atoms with Gasteiger partial charge in [-0.3, -0.25) is 0 Å². The van der Waals surface area contributed by atoms with E-state index < -0.39 is 0 Å². The number of aromatic nitrogens is 3. The van der Waals surface area contributed by atoms with Gasteiger partial charge in [0.25, 0.3) is 0 Å². The maximum Gasteiger partial charge on any atom is 0.203 e. The normalized spacial score (nSPS) is 12.9. The Morgan fingerprint density at radius 2 is 2.16 bits per heavy atom. The van der Waals surface area contributed by atoms with Crippen molar-refractivity contribution >= 4 is 28.0 Å². The quantitative estimate of drug-likeness (QED) is 0.858. The van der Waals surface area contributed by atoms with Gasteiger partial charge in [0.2, 0.25) is 5.13 Å². The van der Waals surface area contributed by atoms with Crippen molar-refractivity contribution in [2.24, 2.45) is 0 Å². The van der Waals surface area contributed by atoms with Crippen molar-refractivity contribution in [1.29, 1.82) is 0 Å². The monoisotopic (exact) mass is 298 g/mol. The predicted molar refractivity (Wildman–Crippen MR) is 78.9 cm³/mol. The van der Waals surface area contributed by atoms with Crippen LogP contribution < -0.4 is 5.32 Å². The van der Waals surface area contributed by atoms with E-state index in [0.29, 0.717) is 5.92 Å². The third-order valence-corrected chi connectivity index (χ3v) is 4.50. The third kappa shape index (κ3) is 3.49. The molecule has 0 unspecified atom stereocenters. The van der Waals surface area contributed by atoms with Crippen LogP contribution in [0.5, 0.6) is 0 Å². The molecule has 0 spiro atoms. The number of nitrogens with one attached hydrogen (secondary N) is 1. The fourth-order valence-electron chi connectivity index (χ4n) is 1.54. The first-order valence-corrected chi connectivity index (χ1v) is 7.94. The highest BCUT2D eigenvalue weighted by Gasteiger charge is 2.17. The molecule has 0 bridgehead atoms. The zero-order valence-electron chi connectivity index (χ0n) is 11.3. The number of hydrogen-bond donors (Lipinski definition) is 2. The van der Waals surface area contributed by atoms with Crippen LogP contribution >= 0.6 is 22.9 Å². The Labute approximate surface area is 120 Å². The average molecular weight is 298 g/mol. The van der Waals surface area contributed by atoms with Crippen molar-refractivity contribution in [2.75, 3.05) is 11.9 Å². The molecule has 2 aromatic rings. The van der Waals surface area contributed by atoms with E-state index in [1.807, 2.05) is 12.3 Å². The van der Waals surface area contributed by atoms with Gasteiger partial charge >= 0.3 is 0 Å². The van der Waals surface area contributed by atoms with Crippen LogP contribution in [0.4, 0.5) is 5.13 Å². The SMILES string of the molecule is CCc1nsc(N[C@@H](CO)c2csc(C(C)C)n2)n1. The summed E-state index contributed by atoms with van der Waals surface area (Å²) in [6.45, 7) is 6.23. The standard InChI is InChI=1S/C12H18N4OS2/c1-4-10-15-12(19-16-10)14-8(5-17)9-6-18-11(13-9)7(2)3/h6-8,17H,4-5H2,1-3H3,(H,14,15,16)/t8-/m0/s1. The fraction of sp³-hybridized carbons (Fsp3) is 0.583. The highest BCUT2D eigenvalue weighted by atomic mass is 32.1. The van der Waals surface area contributed by atoms with E-state index in [1.54, 1.807) is 11.3 Å². The maximum atomic E-state index is 9.51. The Bertz CT molecular complexity index is 523. The minimum absolute atomic E-state index is 0.0116. The summed E-state index contributed by atoms with van der Waals surface area (Å²) in [6.07, 6.45) is 0.816. The molecule has 104 valence electrons. The fourth-order valence-corrected chi connectivity index (χ4v) is 3.14. The molecule has 2 N–H and O–H groups in total. The molecule has 2 aromatic heterocycles. The van der Waals surface area contributed by atoms with Crippen LogP contribution in [0.25, 0.3) is 0 Å². The number of aryl methyl sites for hydroxylation is 1. The highest BCUT2D eigenvalue weighted by molar-refractivity contribution is 7.10. The van der Waals surface area contributed by atoms with Gasteiger partial charge in [0.05, 0.1) is 23.4 Å². The summed E-state index contributed by atoms with van der Waals surface area (Å²) in [7, 11) is 0. The molecule has 0 amide bonds. The average Bonchev–Trinajstić information content (AvgIpc) is 3.04. The van der Waals surface area contributed by atoms with Gasteiger partial charge in [-0.1, -0.05) is 20.8 Å². The van der Waals surface area contributed by atoms with E-state index in [0.717, 1.165) is 28.1 Å². The third-order valence-electron chi connectivity index (χ3n) is 2.66. The van der Waals surface area contributed by atoms with Crippen LogP contribution in [-0.2, 0) is 6.42 Å². The molecule has 7 heteroatoms. The van der Waals surface area contributed by atoms with Crippen LogP contribution in [0.1, 0.15) is 49.3 Å². The predicted octanol–water partition coefficient (Wildman–Crippen LogP) is 2.83. The van der Waals surface area contributed by atoms with Gasteiger partial charge in [-0.25, -0.2) is 9.97 Å². The molecule has 0 aliphatic rings. The molecule has 0 radical (unpaired) electrons. The van der Waals surface area contributed by atoms with E-state index in [2.05, 4.69) is 33.5 Å². The summed E-state index contributed by atoms with van der Waals surface area (Å²) in [5.74, 6) is 1.23. The Kier molecular flexibility index (Phi) is 4.84. The number of hydrogen-bond acceptors (Lipinski definition) is 7. The molecule has 0 saturated carbocycles. The number of aliphatic hydroxyl groups is 1. The molecule has 0 aliphatic carbocycles. The first-order valence-electron chi connectivity index (χ1n) is 6.29. The Balaban J connectivity index is 2.10. The van der Waals surface area contributed by atoms with Crippen LogP contribution in [0.15, 0.2) is 5.38 Å². The van der Waals surface area contributed by atoms with Crippen LogP contribution in [0.3, 0.4) is 0 Å². The largest absolute Gasteiger partial charge is 0.394 e. The van der Waals surface area contributed by atoms with E-state index in [9.17, 15) is 5.11 Å². The second-order valence-electron chi connectivity index (χ2n) is 4.51. The summed E-state index contributed by atoms with van der Waals surface area (Å²) in [5.41, 5.74) is 0.865. The van der Waals surface area contributed by atoms with Crippen molar-refractivity contribution in [3.63, 3.8) is 0 Å². The van der Waals surface area contributed by atoms with Gasteiger partial charge in [0.1, 0.15) is 5.82 Å². The summed E-state index contributed by atoms with van der Waals surface area (Å²) >= 11 is 2.94. The molecule has 2 heterocycles.